The SMILES string of the molecule is [c]1ccc(C2(c3cc[c]cc3)c3ccccc3-c3ccccc32)cc1. The van der Waals surface area contributed by atoms with E-state index in [4.69, 9.17) is 0 Å². The van der Waals surface area contributed by atoms with E-state index in [1.807, 2.05) is 24.3 Å². The molecule has 0 aromatic heterocycles. The second-order valence-corrected chi connectivity index (χ2v) is 6.42. The summed E-state index contributed by atoms with van der Waals surface area (Å²) < 4.78 is 0. The van der Waals surface area contributed by atoms with E-state index in [0.29, 0.717) is 0 Å². The van der Waals surface area contributed by atoms with Gasteiger partial charge in [0.05, 0.1) is 5.41 Å². The Morgan fingerprint density at radius 3 is 1.32 bits per heavy atom. The smallest absolute Gasteiger partial charge is 0.0619 e. The minimum atomic E-state index is -0.294. The fourth-order valence-corrected chi connectivity index (χ4v) is 4.30. The molecule has 4 aromatic carbocycles. The summed E-state index contributed by atoms with van der Waals surface area (Å²) in [4.78, 5) is 0. The summed E-state index contributed by atoms with van der Waals surface area (Å²) in [6.45, 7) is 0. The molecule has 0 heteroatoms. The van der Waals surface area contributed by atoms with Crippen molar-refractivity contribution in [2.24, 2.45) is 0 Å². The van der Waals surface area contributed by atoms with Crippen LogP contribution in [0.5, 0.6) is 0 Å². The van der Waals surface area contributed by atoms with E-state index in [2.05, 4.69) is 84.9 Å². The molecule has 4 aromatic rings. The maximum Gasteiger partial charge on any atom is 0.0713 e. The van der Waals surface area contributed by atoms with Crippen LogP contribution >= 0.6 is 0 Å². The zero-order chi connectivity index (χ0) is 16.7. The fraction of sp³-hybridized carbons (Fsp3) is 0.0400. The quantitative estimate of drug-likeness (QED) is 0.395. The van der Waals surface area contributed by atoms with Crippen molar-refractivity contribution in [3.8, 4) is 11.1 Å². The van der Waals surface area contributed by atoms with Gasteiger partial charge in [-0.05, 0) is 45.5 Å². The molecule has 5 rings (SSSR count). The van der Waals surface area contributed by atoms with Gasteiger partial charge in [0.2, 0.25) is 0 Å². The maximum absolute atomic E-state index is 3.17. The average molecular weight is 316 g/mol. The molecule has 0 atom stereocenters. The number of hydrogen-bond donors (Lipinski definition) is 0. The molecule has 0 saturated carbocycles. The summed E-state index contributed by atoms with van der Waals surface area (Å²) in [6.07, 6.45) is 0. The van der Waals surface area contributed by atoms with Crippen LogP contribution in [0.4, 0.5) is 0 Å². The molecule has 0 fully saturated rings. The summed E-state index contributed by atoms with van der Waals surface area (Å²) in [5, 5.41) is 0. The average Bonchev–Trinajstić information content (AvgIpc) is 3.01. The first-order chi connectivity index (χ1) is 12.4. The Morgan fingerprint density at radius 1 is 0.480 bits per heavy atom. The van der Waals surface area contributed by atoms with Gasteiger partial charge in [0.15, 0.2) is 0 Å². The Kier molecular flexibility index (Phi) is 3.11. The maximum atomic E-state index is 3.17. The number of fused-ring (bicyclic) bond motifs is 3. The third-order valence-electron chi connectivity index (χ3n) is 5.25. The summed E-state index contributed by atoms with van der Waals surface area (Å²) >= 11 is 0. The number of benzene rings is 4. The molecule has 0 N–H and O–H groups in total. The minimum absolute atomic E-state index is 0.294. The lowest BCUT2D eigenvalue weighted by Gasteiger charge is -2.33. The van der Waals surface area contributed by atoms with Crippen LogP contribution < -0.4 is 0 Å². The van der Waals surface area contributed by atoms with Gasteiger partial charge in [0, 0.05) is 0 Å². The molecule has 25 heavy (non-hydrogen) atoms. The summed E-state index contributed by atoms with van der Waals surface area (Å²) in [7, 11) is 0. The standard InChI is InChI=1S/C25H16/c1-3-11-19(12-4-1)25(20-13-5-2-6-14-20)23-17-9-7-15-21(23)22-16-8-10-18-24(22)25/h3-18H. The highest BCUT2D eigenvalue weighted by atomic mass is 14.5. The molecule has 0 bridgehead atoms. The van der Waals surface area contributed by atoms with E-state index < -0.39 is 0 Å². The molecule has 0 amide bonds. The van der Waals surface area contributed by atoms with Gasteiger partial charge in [0.1, 0.15) is 0 Å². The van der Waals surface area contributed by atoms with Crippen molar-refractivity contribution in [2.45, 2.75) is 5.41 Å². The molecular formula is C25H16. The normalized spacial score (nSPS) is 13.9. The fourth-order valence-electron chi connectivity index (χ4n) is 4.30. The first kappa shape index (κ1) is 14.2. The van der Waals surface area contributed by atoms with Crippen LogP contribution in [0, 0.1) is 12.1 Å². The van der Waals surface area contributed by atoms with Gasteiger partial charge in [0.25, 0.3) is 0 Å². The Morgan fingerprint density at radius 2 is 0.880 bits per heavy atom. The van der Waals surface area contributed by atoms with Crippen LogP contribution in [-0.2, 0) is 5.41 Å². The lowest BCUT2D eigenvalue weighted by atomic mass is 9.68. The highest BCUT2D eigenvalue weighted by molar-refractivity contribution is 5.86. The Hall–Kier alpha value is -3.12. The summed E-state index contributed by atoms with van der Waals surface area (Å²) in [5.74, 6) is 0. The molecule has 0 saturated heterocycles. The van der Waals surface area contributed by atoms with E-state index in [-0.39, 0.29) is 5.41 Å². The molecule has 1 aliphatic rings. The van der Waals surface area contributed by atoms with Crippen LogP contribution in [0.25, 0.3) is 11.1 Å². The first-order valence-corrected chi connectivity index (χ1v) is 8.55. The zero-order valence-corrected chi connectivity index (χ0v) is 13.7. The van der Waals surface area contributed by atoms with Crippen LogP contribution in [-0.4, -0.2) is 0 Å². The van der Waals surface area contributed by atoms with Crippen molar-refractivity contribution >= 4 is 0 Å². The third-order valence-corrected chi connectivity index (χ3v) is 5.25. The van der Waals surface area contributed by atoms with Gasteiger partial charge in [-0.25, -0.2) is 0 Å². The molecule has 1 aliphatic carbocycles. The Bertz CT molecular complexity index is 943. The molecule has 0 heterocycles. The molecule has 0 spiro atoms. The molecule has 0 unspecified atom stereocenters. The van der Waals surface area contributed by atoms with Gasteiger partial charge in [-0.15, -0.1) is 0 Å². The zero-order valence-electron chi connectivity index (χ0n) is 13.7. The van der Waals surface area contributed by atoms with E-state index in [1.165, 1.54) is 33.4 Å². The highest BCUT2D eigenvalue weighted by Gasteiger charge is 2.45. The summed E-state index contributed by atoms with van der Waals surface area (Å²) in [6, 6.07) is 40.7. The van der Waals surface area contributed by atoms with Crippen molar-refractivity contribution in [3.05, 3.63) is 131 Å². The van der Waals surface area contributed by atoms with Gasteiger partial charge in [-0.1, -0.05) is 97.1 Å². The second-order valence-electron chi connectivity index (χ2n) is 6.42. The van der Waals surface area contributed by atoms with Crippen molar-refractivity contribution < 1.29 is 0 Å². The molecule has 0 aliphatic heterocycles. The Balaban J connectivity index is 1.98. The Labute approximate surface area is 148 Å². The van der Waals surface area contributed by atoms with Crippen molar-refractivity contribution in [1.29, 1.82) is 0 Å². The van der Waals surface area contributed by atoms with E-state index >= 15 is 0 Å². The monoisotopic (exact) mass is 316 g/mol. The topological polar surface area (TPSA) is 0 Å². The highest BCUT2D eigenvalue weighted by Crippen LogP contribution is 2.55. The van der Waals surface area contributed by atoms with Crippen molar-refractivity contribution in [3.63, 3.8) is 0 Å². The lowest BCUT2D eigenvalue weighted by Crippen LogP contribution is -2.28. The first-order valence-electron chi connectivity index (χ1n) is 8.55. The van der Waals surface area contributed by atoms with Gasteiger partial charge in [-0.3, -0.25) is 0 Å². The number of hydrogen-bond acceptors (Lipinski definition) is 0. The predicted octanol–water partition coefficient (Wildman–Crippen LogP) is 5.65. The van der Waals surface area contributed by atoms with Crippen LogP contribution in [0.2, 0.25) is 0 Å². The minimum Gasteiger partial charge on any atom is -0.0619 e. The largest absolute Gasteiger partial charge is 0.0713 e. The van der Waals surface area contributed by atoms with Crippen molar-refractivity contribution in [2.75, 3.05) is 0 Å². The molecule has 2 radical (unpaired) electrons. The van der Waals surface area contributed by atoms with E-state index in [1.54, 1.807) is 0 Å². The van der Waals surface area contributed by atoms with Gasteiger partial charge in [-0.2, -0.15) is 0 Å². The third kappa shape index (κ3) is 1.88. The van der Waals surface area contributed by atoms with Crippen LogP contribution in [0.15, 0.2) is 97.1 Å². The van der Waals surface area contributed by atoms with Gasteiger partial charge < -0.3 is 0 Å². The molecule has 116 valence electrons. The second kappa shape index (κ2) is 5.46. The van der Waals surface area contributed by atoms with Crippen molar-refractivity contribution in [1.82, 2.24) is 0 Å². The molecule has 0 nitrogen and oxygen atoms in total. The summed E-state index contributed by atoms with van der Waals surface area (Å²) in [5.41, 5.74) is 7.57. The number of rotatable bonds is 2. The van der Waals surface area contributed by atoms with E-state index in [9.17, 15) is 0 Å². The van der Waals surface area contributed by atoms with E-state index in [0.717, 1.165) is 0 Å². The van der Waals surface area contributed by atoms with Crippen LogP contribution in [0.3, 0.4) is 0 Å². The molecular weight excluding hydrogens is 300 g/mol. The predicted molar refractivity (Wildman–Crippen MR) is 101 cm³/mol. The lowest BCUT2D eigenvalue weighted by molar-refractivity contribution is 0.768. The van der Waals surface area contributed by atoms with Gasteiger partial charge >= 0.3 is 0 Å². The van der Waals surface area contributed by atoms with Crippen LogP contribution in [0.1, 0.15) is 22.3 Å².